The maximum Gasteiger partial charge on any atom is 0.356 e. The lowest BCUT2D eigenvalue weighted by atomic mass is 9.72. The smallest absolute Gasteiger partial charge is 0.356 e. The Morgan fingerprint density at radius 1 is 1.21 bits per heavy atom. The van der Waals surface area contributed by atoms with E-state index < -0.39 is 5.97 Å². The predicted octanol–water partition coefficient (Wildman–Crippen LogP) is 4.45. The van der Waals surface area contributed by atoms with Crippen LogP contribution in [0.1, 0.15) is 48.2 Å². The zero-order valence-corrected chi connectivity index (χ0v) is 19.5. The highest BCUT2D eigenvalue weighted by Crippen LogP contribution is 2.45. The molecule has 0 radical (unpaired) electrons. The first-order valence-electron chi connectivity index (χ1n) is 11.9. The van der Waals surface area contributed by atoms with Crippen LogP contribution in [0.5, 0.6) is 0 Å². The fourth-order valence-electron chi connectivity index (χ4n) is 5.23. The minimum Gasteiger partial charge on any atom is -0.464 e. The van der Waals surface area contributed by atoms with Crippen LogP contribution >= 0.6 is 0 Å². The summed E-state index contributed by atoms with van der Waals surface area (Å²) in [6, 6.07) is 11.9. The van der Waals surface area contributed by atoms with Crippen LogP contribution in [-0.2, 0) is 9.47 Å². The summed E-state index contributed by atoms with van der Waals surface area (Å²) < 4.78 is 10.7. The van der Waals surface area contributed by atoms with Crippen molar-refractivity contribution in [2.75, 3.05) is 50.7 Å². The monoisotopic (exact) mass is 448 g/mol. The molecule has 0 unspecified atom stereocenters. The highest BCUT2D eigenvalue weighted by Gasteiger charge is 2.45. The number of aliphatic imine (C=N–C) groups is 1. The number of nitrogens with one attached hydrogen (secondary N) is 1. The molecule has 0 amide bonds. The van der Waals surface area contributed by atoms with Crippen molar-refractivity contribution < 1.29 is 14.3 Å². The third-order valence-electron chi connectivity index (χ3n) is 7.37. The third-order valence-corrected chi connectivity index (χ3v) is 7.37. The van der Waals surface area contributed by atoms with E-state index in [0.717, 1.165) is 74.6 Å². The topological polar surface area (TPSA) is 76.0 Å². The molecule has 7 heteroatoms. The van der Waals surface area contributed by atoms with Crippen molar-refractivity contribution in [1.82, 2.24) is 4.98 Å². The zero-order chi connectivity index (χ0) is 22.8. The van der Waals surface area contributed by atoms with Gasteiger partial charge in [-0.15, -0.1) is 0 Å². The van der Waals surface area contributed by atoms with Crippen molar-refractivity contribution in [3.05, 3.63) is 47.7 Å². The summed E-state index contributed by atoms with van der Waals surface area (Å²) in [6.45, 7) is 3.57. The molecule has 0 bridgehead atoms. The van der Waals surface area contributed by atoms with Crippen LogP contribution in [0.3, 0.4) is 0 Å². The van der Waals surface area contributed by atoms with E-state index in [9.17, 15) is 4.79 Å². The number of esters is 1. The van der Waals surface area contributed by atoms with Crippen LogP contribution < -0.4 is 10.2 Å². The molecule has 1 aromatic heterocycles. The molecule has 3 aliphatic rings. The number of carbonyl (C=O) groups is 1. The molecule has 5 rings (SSSR count). The molecule has 7 nitrogen and oxygen atoms in total. The molecule has 1 aliphatic carbocycles. The van der Waals surface area contributed by atoms with Crippen molar-refractivity contribution in [2.24, 2.45) is 16.3 Å². The fraction of sp³-hybridized carbons (Fsp3) is 0.500. The SMILES string of the molecule is C/N=C(\c1c(N2CC3(CCOCC3)C2)cc(C(=O)OC)nc1Nc1ccccc1)C1CCC1. The van der Waals surface area contributed by atoms with Crippen LogP contribution in [0.4, 0.5) is 17.2 Å². The molecule has 1 spiro atoms. The molecular formula is C26H32N4O3. The number of carbonyl (C=O) groups excluding carboxylic acids is 1. The number of anilines is 3. The first-order valence-corrected chi connectivity index (χ1v) is 11.9. The zero-order valence-electron chi connectivity index (χ0n) is 19.5. The van der Waals surface area contributed by atoms with Gasteiger partial charge in [-0.25, -0.2) is 9.78 Å². The number of nitrogens with zero attached hydrogens (tertiary/aromatic N) is 3. The number of aromatic nitrogens is 1. The summed E-state index contributed by atoms with van der Waals surface area (Å²) in [5.41, 5.74) is 4.65. The van der Waals surface area contributed by atoms with Gasteiger partial charge >= 0.3 is 5.97 Å². The van der Waals surface area contributed by atoms with Crippen LogP contribution in [0, 0.1) is 11.3 Å². The highest BCUT2D eigenvalue weighted by molar-refractivity contribution is 6.12. The number of rotatable bonds is 6. The quantitative estimate of drug-likeness (QED) is 0.520. The van der Waals surface area contributed by atoms with Crippen LogP contribution in [0.15, 0.2) is 41.4 Å². The Kier molecular flexibility index (Phi) is 6.06. The second-order valence-corrected chi connectivity index (χ2v) is 9.44. The summed E-state index contributed by atoms with van der Waals surface area (Å²) >= 11 is 0. The molecule has 2 aliphatic heterocycles. The first kappa shape index (κ1) is 21.9. The molecule has 3 fully saturated rings. The maximum absolute atomic E-state index is 12.6. The van der Waals surface area contributed by atoms with Crippen molar-refractivity contribution in [1.29, 1.82) is 0 Å². The van der Waals surface area contributed by atoms with Crippen molar-refractivity contribution >= 4 is 28.9 Å². The Balaban J connectivity index is 1.60. The van der Waals surface area contributed by atoms with Gasteiger partial charge < -0.3 is 19.7 Å². The lowest BCUT2D eigenvalue weighted by Gasteiger charge is -2.54. The number of hydrogen-bond donors (Lipinski definition) is 1. The van der Waals surface area contributed by atoms with E-state index >= 15 is 0 Å². The van der Waals surface area contributed by atoms with Gasteiger partial charge in [0, 0.05) is 50.4 Å². The van der Waals surface area contributed by atoms with Gasteiger partial charge in [-0.1, -0.05) is 24.6 Å². The van der Waals surface area contributed by atoms with Gasteiger partial charge in [0.05, 0.1) is 24.1 Å². The van der Waals surface area contributed by atoms with Gasteiger partial charge in [0.2, 0.25) is 0 Å². The van der Waals surface area contributed by atoms with Gasteiger partial charge in [-0.3, -0.25) is 4.99 Å². The van der Waals surface area contributed by atoms with E-state index in [1.807, 2.05) is 43.4 Å². The molecule has 1 N–H and O–H groups in total. The Morgan fingerprint density at radius 3 is 2.55 bits per heavy atom. The Bertz CT molecular complexity index is 1040. The average Bonchev–Trinajstić information content (AvgIpc) is 2.80. The lowest BCUT2D eigenvalue weighted by molar-refractivity contribution is -0.000207. The normalized spacial score (nSPS) is 20.2. The largest absolute Gasteiger partial charge is 0.464 e. The second-order valence-electron chi connectivity index (χ2n) is 9.44. The standard InChI is InChI=1S/C26H32N4O3/c1-27-23(18-7-6-8-18)22-21(30-16-26(17-30)11-13-33-14-12-26)15-20(25(31)32-2)29-24(22)28-19-9-4-3-5-10-19/h3-5,9-10,15,18H,6-8,11-14,16-17H2,1-2H3,(H,28,29)/b27-23-. The Hall–Kier alpha value is -2.93. The van der Waals surface area contributed by atoms with Crippen molar-refractivity contribution in [2.45, 2.75) is 32.1 Å². The molecule has 1 aromatic carbocycles. The molecule has 1 saturated carbocycles. The number of hydrogen-bond acceptors (Lipinski definition) is 7. The maximum atomic E-state index is 12.6. The number of benzene rings is 1. The molecular weight excluding hydrogens is 416 g/mol. The molecule has 2 aromatic rings. The van der Waals surface area contributed by atoms with Crippen LogP contribution in [0.2, 0.25) is 0 Å². The van der Waals surface area contributed by atoms with E-state index in [0.29, 0.717) is 22.8 Å². The second kappa shape index (κ2) is 9.14. The summed E-state index contributed by atoms with van der Waals surface area (Å²) in [7, 11) is 3.27. The minimum absolute atomic E-state index is 0.303. The Labute approximate surface area is 195 Å². The molecule has 33 heavy (non-hydrogen) atoms. The van der Waals surface area contributed by atoms with E-state index in [-0.39, 0.29) is 0 Å². The third kappa shape index (κ3) is 4.22. The van der Waals surface area contributed by atoms with Gasteiger partial charge in [-0.05, 0) is 43.9 Å². The lowest BCUT2D eigenvalue weighted by Crippen LogP contribution is -2.59. The van der Waals surface area contributed by atoms with E-state index in [2.05, 4.69) is 10.2 Å². The summed E-state index contributed by atoms with van der Waals surface area (Å²) in [5, 5.41) is 3.48. The number of methoxy groups -OCH3 is 1. The number of pyridine rings is 1. The van der Waals surface area contributed by atoms with Gasteiger partial charge in [0.25, 0.3) is 0 Å². The first-order chi connectivity index (χ1) is 16.1. The van der Waals surface area contributed by atoms with E-state index in [1.54, 1.807) is 0 Å². The summed E-state index contributed by atoms with van der Waals surface area (Å²) in [6.07, 6.45) is 5.66. The van der Waals surface area contributed by atoms with E-state index in [4.69, 9.17) is 19.5 Å². The van der Waals surface area contributed by atoms with E-state index in [1.165, 1.54) is 13.5 Å². The number of ether oxygens (including phenoxy) is 2. The highest BCUT2D eigenvalue weighted by atomic mass is 16.5. The molecule has 0 atom stereocenters. The number of para-hydroxylation sites is 1. The van der Waals surface area contributed by atoms with Crippen LogP contribution in [0.25, 0.3) is 0 Å². The average molecular weight is 449 g/mol. The minimum atomic E-state index is -0.432. The fourth-order valence-corrected chi connectivity index (χ4v) is 5.23. The molecule has 3 heterocycles. The van der Waals surface area contributed by atoms with Gasteiger partial charge in [0.15, 0.2) is 5.69 Å². The van der Waals surface area contributed by atoms with Crippen LogP contribution in [-0.4, -0.2) is 57.1 Å². The molecule has 174 valence electrons. The van der Waals surface area contributed by atoms with Gasteiger partial charge in [-0.2, -0.15) is 0 Å². The van der Waals surface area contributed by atoms with Gasteiger partial charge in [0.1, 0.15) is 5.82 Å². The summed E-state index contributed by atoms with van der Waals surface area (Å²) in [5.74, 6) is 0.660. The summed E-state index contributed by atoms with van der Waals surface area (Å²) in [4.78, 5) is 24.4. The Morgan fingerprint density at radius 2 is 1.94 bits per heavy atom. The molecule has 2 saturated heterocycles. The predicted molar refractivity (Wildman–Crippen MR) is 130 cm³/mol. The van der Waals surface area contributed by atoms with Crippen molar-refractivity contribution in [3.63, 3.8) is 0 Å². The van der Waals surface area contributed by atoms with Crippen molar-refractivity contribution in [3.8, 4) is 0 Å².